The molecule has 0 heterocycles. The quantitative estimate of drug-likeness (QED) is 0.0652. The van der Waals surface area contributed by atoms with Crippen LogP contribution in [0.2, 0.25) is 0 Å². The van der Waals surface area contributed by atoms with Crippen molar-refractivity contribution in [3.8, 4) is 0 Å². The lowest BCUT2D eigenvalue weighted by Gasteiger charge is -2.03. The van der Waals surface area contributed by atoms with Crippen molar-refractivity contribution in [1.29, 1.82) is 0 Å². The molecule has 0 aliphatic carbocycles. The second-order valence-electron chi connectivity index (χ2n) is 8.35. The van der Waals surface area contributed by atoms with E-state index in [-0.39, 0.29) is 12.0 Å². The van der Waals surface area contributed by atoms with Crippen molar-refractivity contribution < 1.29 is 19.4 Å². The summed E-state index contributed by atoms with van der Waals surface area (Å²) in [5, 5.41) is 0. The standard InChI is InChI=1S/C26H46O4/c1-4-5-6-7-8-9-10-11-12-13-14-15-16-17-18-19-20-21-22-23-25(27)29-30-26(28)24(2)3/h11-12H,2,4-10,13-23H2,1,3H3/b12-11-. The van der Waals surface area contributed by atoms with Crippen molar-refractivity contribution in [2.24, 2.45) is 0 Å². The molecule has 4 nitrogen and oxygen atoms in total. The number of carbonyl (C=O) groups excluding carboxylic acids is 2. The molecule has 174 valence electrons. The van der Waals surface area contributed by atoms with E-state index in [1.807, 2.05) is 0 Å². The van der Waals surface area contributed by atoms with E-state index in [4.69, 9.17) is 0 Å². The molecule has 4 heteroatoms. The van der Waals surface area contributed by atoms with Crippen molar-refractivity contribution in [2.45, 2.75) is 129 Å². The highest BCUT2D eigenvalue weighted by molar-refractivity contribution is 5.87. The summed E-state index contributed by atoms with van der Waals surface area (Å²) >= 11 is 0. The maximum Gasteiger partial charge on any atom is 0.381 e. The molecule has 0 aromatic rings. The van der Waals surface area contributed by atoms with Gasteiger partial charge in [0.1, 0.15) is 0 Å². The van der Waals surface area contributed by atoms with Crippen LogP contribution in [0.5, 0.6) is 0 Å². The van der Waals surface area contributed by atoms with Gasteiger partial charge in [0.2, 0.25) is 0 Å². The predicted molar refractivity (Wildman–Crippen MR) is 125 cm³/mol. The van der Waals surface area contributed by atoms with E-state index in [1.54, 1.807) is 0 Å². The molecule has 0 unspecified atom stereocenters. The molecular weight excluding hydrogens is 376 g/mol. The van der Waals surface area contributed by atoms with Crippen LogP contribution in [0.1, 0.15) is 129 Å². The van der Waals surface area contributed by atoms with Crippen LogP contribution in [0.15, 0.2) is 24.3 Å². The zero-order valence-electron chi connectivity index (χ0n) is 19.7. The highest BCUT2D eigenvalue weighted by Crippen LogP contribution is 2.12. The van der Waals surface area contributed by atoms with Crippen LogP contribution in [0.3, 0.4) is 0 Å². The number of hydrogen-bond donors (Lipinski definition) is 0. The van der Waals surface area contributed by atoms with Gasteiger partial charge in [-0.05, 0) is 39.0 Å². The molecule has 0 aromatic carbocycles. The highest BCUT2D eigenvalue weighted by Gasteiger charge is 2.09. The fourth-order valence-corrected chi connectivity index (χ4v) is 3.24. The number of unbranched alkanes of at least 4 members (excludes halogenated alkanes) is 15. The molecule has 0 aliphatic heterocycles. The fourth-order valence-electron chi connectivity index (χ4n) is 3.24. The molecule has 0 saturated carbocycles. The average Bonchev–Trinajstić information content (AvgIpc) is 2.73. The van der Waals surface area contributed by atoms with Crippen LogP contribution in [-0.4, -0.2) is 11.9 Å². The summed E-state index contributed by atoms with van der Waals surface area (Å²) in [7, 11) is 0. The monoisotopic (exact) mass is 422 g/mol. The number of rotatable bonds is 20. The molecule has 0 saturated heterocycles. The first kappa shape index (κ1) is 28.4. The topological polar surface area (TPSA) is 52.6 Å². The Balaban J connectivity index is 3.24. The predicted octanol–water partition coefficient (Wildman–Crippen LogP) is 8.16. The van der Waals surface area contributed by atoms with Gasteiger partial charge in [-0.2, -0.15) is 0 Å². The summed E-state index contributed by atoms with van der Waals surface area (Å²) in [6.07, 6.45) is 26.5. The molecule has 0 radical (unpaired) electrons. The SMILES string of the molecule is C=C(C)C(=O)OOC(=O)CCCCCCCCCCC/C=C\CCCCCCCC. The van der Waals surface area contributed by atoms with E-state index in [2.05, 4.69) is 35.4 Å². The maximum atomic E-state index is 11.4. The van der Waals surface area contributed by atoms with Crippen LogP contribution in [0, 0.1) is 0 Å². The molecular formula is C26H46O4. The molecule has 0 aliphatic rings. The van der Waals surface area contributed by atoms with E-state index >= 15 is 0 Å². The third-order valence-corrected chi connectivity index (χ3v) is 5.20. The third-order valence-electron chi connectivity index (χ3n) is 5.20. The molecule has 0 amide bonds. The van der Waals surface area contributed by atoms with E-state index < -0.39 is 11.9 Å². The molecule has 0 rings (SSSR count). The van der Waals surface area contributed by atoms with Gasteiger partial charge in [-0.3, -0.25) is 0 Å². The highest BCUT2D eigenvalue weighted by atomic mass is 17.2. The van der Waals surface area contributed by atoms with Gasteiger partial charge in [-0.25, -0.2) is 19.4 Å². The fraction of sp³-hybridized carbons (Fsp3) is 0.769. The van der Waals surface area contributed by atoms with Crippen molar-refractivity contribution in [1.82, 2.24) is 0 Å². The Kier molecular flexibility index (Phi) is 20.9. The largest absolute Gasteiger partial charge is 0.381 e. The molecule has 0 bridgehead atoms. The normalized spacial score (nSPS) is 11.0. The number of carbonyl (C=O) groups is 2. The van der Waals surface area contributed by atoms with E-state index in [1.165, 1.54) is 96.8 Å². The third kappa shape index (κ3) is 21.1. The first-order chi connectivity index (χ1) is 14.6. The molecule has 0 fully saturated rings. The molecule has 0 N–H and O–H groups in total. The Bertz CT molecular complexity index is 468. The Hall–Kier alpha value is -1.58. The van der Waals surface area contributed by atoms with Gasteiger partial charge in [-0.1, -0.05) is 103 Å². The first-order valence-corrected chi connectivity index (χ1v) is 12.3. The Morgan fingerprint density at radius 1 is 0.667 bits per heavy atom. The zero-order valence-corrected chi connectivity index (χ0v) is 19.7. The van der Waals surface area contributed by atoms with Gasteiger partial charge in [0, 0.05) is 5.57 Å². The zero-order chi connectivity index (χ0) is 22.3. The minimum Gasteiger partial charge on any atom is -0.247 e. The second kappa shape index (κ2) is 22.1. The summed E-state index contributed by atoms with van der Waals surface area (Å²) in [4.78, 5) is 31.3. The molecule has 30 heavy (non-hydrogen) atoms. The minimum atomic E-state index is -0.701. The summed E-state index contributed by atoms with van der Waals surface area (Å²) in [5.41, 5.74) is 0.211. The lowest BCUT2D eigenvalue weighted by Crippen LogP contribution is -2.11. The Morgan fingerprint density at radius 2 is 1.10 bits per heavy atom. The molecule has 0 spiro atoms. The smallest absolute Gasteiger partial charge is 0.247 e. The maximum absolute atomic E-state index is 11.4. The van der Waals surface area contributed by atoms with Gasteiger partial charge in [0.25, 0.3) is 0 Å². The van der Waals surface area contributed by atoms with Crippen molar-refractivity contribution in [2.75, 3.05) is 0 Å². The van der Waals surface area contributed by atoms with Crippen LogP contribution in [0.4, 0.5) is 0 Å². The summed E-state index contributed by atoms with van der Waals surface area (Å²) in [6, 6.07) is 0. The van der Waals surface area contributed by atoms with Crippen molar-refractivity contribution in [3.63, 3.8) is 0 Å². The Morgan fingerprint density at radius 3 is 1.57 bits per heavy atom. The first-order valence-electron chi connectivity index (χ1n) is 12.3. The van der Waals surface area contributed by atoms with Gasteiger partial charge >= 0.3 is 11.9 Å². The van der Waals surface area contributed by atoms with E-state index in [0.29, 0.717) is 0 Å². The number of hydrogen-bond acceptors (Lipinski definition) is 4. The summed E-state index contributed by atoms with van der Waals surface area (Å²) in [5.74, 6) is -1.20. The van der Waals surface area contributed by atoms with Gasteiger partial charge in [0.15, 0.2) is 0 Å². The number of allylic oxidation sites excluding steroid dienone is 2. The average molecular weight is 423 g/mol. The minimum absolute atomic E-state index is 0.211. The molecule has 0 atom stereocenters. The second-order valence-corrected chi connectivity index (χ2v) is 8.35. The van der Waals surface area contributed by atoms with E-state index in [0.717, 1.165) is 19.3 Å². The Labute approximate surface area is 185 Å². The van der Waals surface area contributed by atoms with Crippen molar-refractivity contribution in [3.05, 3.63) is 24.3 Å². The van der Waals surface area contributed by atoms with Gasteiger partial charge in [-0.15, -0.1) is 0 Å². The van der Waals surface area contributed by atoms with Crippen LogP contribution >= 0.6 is 0 Å². The summed E-state index contributed by atoms with van der Waals surface area (Å²) < 4.78 is 0. The van der Waals surface area contributed by atoms with Gasteiger partial charge in [0.05, 0.1) is 6.42 Å². The van der Waals surface area contributed by atoms with Crippen LogP contribution < -0.4 is 0 Å². The van der Waals surface area contributed by atoms with Crippen molar-refractivity contribution >= 4 is 11.9 Å². The van der Waals surface area contributed by atoms with Crippen LogP contribution in [-0.2, 0) is 19.4 Å². The lowest BCUT2D eigenvalue weighted by atomic mass is 10.1. The molecule has 0 aromatic heterocycles. The summed E-state index contributed by atoms with van der Waals surface area (Å²) in [6.45, 7) is 7.19. The van der Waals surface area contributed by atoms with E-state index in [9.17, 15) is 9.59 Å². The lowest BCUT2D eigenvalue weighted by molar-refractivity contribution is -0.255. The van der Waals surface area contributed by atoms with Gasteiger partial charge < -0.3 is 0 Å². The van der Waals surface area contributed by atoms with Crippen LogP contribution in [0.25, 0.3) is 0 Å².